The third kappa shape index (κ3) is 2.47. The van der Waals surface area contributed by atoms with E-state index >= 15 is 0 Å². The monoisotopic (exact) mass is 320 g/mol. The first-order chi connectivity index (χ1) is 10.8. The molecule has 5 atom stereocenters. The Hall–Kier alpha value is -1.12. The fourth-order valence-electron chi connectivity index (χ4n) is 5.98. The zero-order valence-electron chi connectivity index (χ0n) is 14.6. The molecule has 2 fully saturated rings. The molecule has 0 unspecified atom stereocenters. The Morgan fingerprint density at radius 3 is 2.70 bits per heavy atom. The lowest BCUT2D eigenvalue weighted by Crippen LogP contribution is -2.53. The summed E-state index contributed by atoms with van der Waals surface area (Å²) < 4.78 is 12.7. The Balaban J connectivity index is 1.95. The fourth-order valence-corrected chi connectivity index (χ4v) is 5.98. The van der Waals surface area contributed by atoms with Crippen molar-refractivity contribution in [3.63, 3.8) is 0 Å². The lowest BCUT2D eigenvalue weighted by atomic mass is 9.45. The second kappa shape index (κ2) is 5.46. The molecule has 0 aliphatic heterocycles. The Labute approximate surface area is 138 Å². The highest BCUT2D eigenvalue weighted by molar-refractivity contribution is 5.75. The van der Waals surface area contributed by atoms with E-state index in [2.05, 4.69) is 19.9 Å². The number of aliphatic carboxylic acids is 1. The van der Waals surface area contributed by atoms with Gasteiger partial charge in [-0.3, -0.25) is 4.79 Å². The molecule has 0 amide bonds. The molecule has 0 heterocycles. The van der Waals surface area contributed by atoms with Crippen LogP contribution in [0.1, 0.15) is 65.7 Å². The fraction of sp³-hybridized carbons (Fsp3) is 0.750. The highest BCUT2D eigenvalue weighted by Gasteiger charge is 2.58. The van der Waals surface area contributed by atoms with Crippen LogP contribution in [-0.4, -0.2) is 11.1 Å². The van der Waals surface area contributed by atoms with Crippen molar-refractivity contribution >= 4 is 5.97 Å². The number of hydrogen-bond donors (Lipinski definition) is 1. The Kier molecular flexibility index (Phi) is 3.97. The first kappa shape index (κ1) is 16.7. The van der Waals surface area contributed by atoms with Crippen molar-refractivity contribution in [3.05, 3.63) is 24.1 Å². The minimum Gasteiger partial charge on any atom is -0.481 e. The summed E-state index contributed by atoms with van der Waals surface area (Å²) in [5, 5.41) is 9.83. The van der Waals surface area contributed by atoms with Crippen LogP contribution in [0.25, 0.3) is 0 Å². The molecule has 0 spiro atoms. The summed E-state index contributed by atoms with van der Waals surface area (Å²) in [4.78, 5) is 12.0. The molecule has 0 aromatic rings. The molecular weight excluding hydrogens is 291 g/mol. The van der Waals surface area contributed by atoms with Gasteiger partial charge in [-0.25, -0.2) is 4.39 Å². The summed E-state index contributed by atoms with van der Waals surface area (Å²) in [7, 11) is 0. The summed E-state index contributed by atoms with van der Waals surface area (Å²) in [6.07, 6.45) is 11.4. The molecule has 0 aromatic heterocycles. The van der Waals surface area contributed by atoms with E-state index < -0.39 is 11.4 Å². The quantitative estimate of drug-likeness (QED) is 0.682. The van der Waals surface area contributed by atoms with E-state index in [-0.39, 0.29) is 16.7 Å². The number of allylic oxidation sites excluding steroid dienone is 3. The molecule has 1 N–H and O–H groups in total. The first-order valence-electron chi connectivity index (χ1n) is 8.95. The van der Waals surface area contributed by atoms with Crippen molar-refractivity contribution in [2.24, 2.45) is 28.1 Å². The van der Waals surface area contributed by atoms with Crippen molar-refractivity contribution in [1.29, 1.82) is 0 Å². The topological polar surface area (TPSA) is 37.3 Å². The Bertz CT molecular complexity index is 566. The predicted octanol–water partition coefficient (Wildman–Crippen LogP) is 5.50. The van der Waals surface area contributed by atoms with Crippen LogP contribution in [0.3, 0.4) is 0 Å². The van der Waals surface area contributed by atoms with Gasteiger partial charge in [0.1, 0.15) is 0 Å². The van der Waals surface area contributed by atoms with Gasteiger partial charge in [0.25, 0.3) is 0 Å². The van der Waals surface area contributed by atoms with Crippen LogP contribution in [0, 0.1) is 28.1 Å². The van der Waals surface area contributed by atoms with Gasteiger partial charge in [0.15, 0.2) is 0 Å². The third-order valence-corrected chi connectivity index (χ3v) is 7.40. The average Bonchev–Trinajstić information content (AvgIpc) is 2.46. The van der Waals surface area contributed by atoms with E-state index in [0.29, 0.717) is 12.2 Å². The molecule has 3 heteroatoms. The second-order valence-corrected chi connectivity index (χ2v) is 8.86. The van der Waals surface area contributed by atoms with Crippen LogP contribution in [0.5, 0.6) is 0 Å². The molecule has 0 aromatic carbocycles. The minimum absolute atomic E-state index is 0.0783. The molecule has 0 saturated heterocycles. The van der Waals surface area contributed by atoms with Crippen molar-refractivity contribution in [1.82, 2.24) is 0 Å². The Morgan fingerprint density at radius 2 is 2.04 bits per heavy atom. The maximum absolute atomic E-state index is 12.7. The van der Waals surface area contributed by atoms with Crippen molar-refractivity contribution < 1.29 is 14.3 Å². The van der Waals surface area contributed by atoms with E-state index in [4.69, 9.17) is 0 Å². The number of hydrogen-bond acceptors (Lipinski definition) is 1. The van der Waals surface area contributed by atoms with Crippen molar-refractivity contribution in [3.8, 4) is 0 Å². The number of carboxylic acids is 1. The molecular formula is C20H29FO2. The van der Waals surface area contributed by atoms with Gasteiger partial charge in [0.2, 0.25) is 0 Å². The van der Waals surface area contributed by atoms with Crippen LogP contribution in [0.4, 0.5) is 4.39 Å². The summed E-state index contributed by atoms with van der Waals surface area (Å²) >= 11 is 0. The van der Waals surface area contributed by atoms with Crippen LogP contribution in [-0.2, 0) is 4.79 Å². The number of rotatable bonds is 2. The van der Waals surface area contributed by atoms with E-state index in [1.165, 1.54) is 5.57 Å². The number of carbonyl (C=O) groups is 1. The molecule has 128 valence electrons. The van der Waals surface area contributed by atoms with Crippen LogP contribution in [0.2, 0.25) is 0 Å². The number of halogens is 1. The zero-order chi connectivity index (χ0) is 16.9. The van der Waals surface area contributed by atoms with E-state index in [1.54, 1.807) is 6.08 Å². The van der Waals surface area contributed by atoms with Gasteiger partial charge in [-0.15, -0.1) is 0 Å². The van der Waals surface area contributed by atoms with Crippen molar-refractivity contribution in [2.45, 2.75) is 65.7 Å². The van der Waals surface area contributed by atoms with Gasteiger partial charge in [0, 0.05) is 0 Å². The maximum atomic E-state index is 12.7. The summed E-state index contributed by atoms with van der Waals surface area (Å²) in [5.74, 6) is 0.0590. The van der Waals surface area contributed by atoms with Gasteiger partial charge < -0.3 is 5.11 Å². The second-order valence-electron chi connectivity index (χ2n) is 8.86. The van der Waals surface area contributed by atoms with Gasteiger partial charge in [-0.1, -0.05) is 31.9 Å². The highest BCUT2D eigenvalue weighted by atomic mass is 19.1. The average molecular weight is 320 g/mol. The predicted molar refractivity (Wildman–Crippen MR) is 89.6 cm³/mol. The lowest BCUT2D eigenvalue weighted by molar-refractivity contribution is -0.163. The lowest BCUT2D eigenvalue weighted by Gasteiger charge is -2.58. The van der Waals surface area contributed by atoms with Gasteiger partial charge in [-0.2, -0.15) is 0 Å². The largest absolute Gasteiger partial charge is 0.481 e. The van der Waals surface area contributed by atoms with Gasteiger partial charge in [0.05, 0.1) is 11.7 Å². The zero-order valence-corrected chi connectivity index (χ0v) is 14.6. The van der Waals surface area contributed by atoms with Crippen LogP contribution < -0.4 is 0 Å². The van der Waals surface area contributed by atoms with Crippen molar-refractivity contribution in [2.75, 3.05) is 0 Å². The molecule has 3 aliphatic rings. The highest BCUT2D eigenvalue weighted by Crippen LogP contribution is 2.63. The summed E-state index contributed by atoms with van der Waals surface area (Å²) in [6.45, 7) is 6.41. The van der Waals surface area contributed by atoms with Crippen LogP contribution in [0.15, 0.2) is 24.1 Å². The maximum Gasteiger partial charge on any atom is 0.309 e. The molecule has 2 saturated carbocycles. The number of carboxylic acid groups (broad SMARTS) is 1. The van der Waals surface area contributed by atoms with Gasteiger partial charge in [-0.05, 0) is 74.2 Å². The summed E-state index contributed by atoms with van der Waals surface area (Å²) in [6, 6.07) is 0. The molecule has 3 rings (SSSR count). The van der Waals surface area contributed by atoms with Gasteiger partial charge >= 0.3 is 5.97 Å². The molecule has 2 nitrogen and oxygen atoms in total. The summed E-state index contributed by atoms with van der Waals surface area (Å²) in [5.41, 5.74) is 0.848. The van der Waals surface area contributed by atoms with E-state index in [0.717, 1.165) is 44.9 Å². The van der Waals surface area contributed by atoms with Crippen LogP contribution >= 0.6 is 0 Å². The SMILES string of the molecule is C[C@]1(/C=C/F)CC[C@H]2C(=CC[C@@H]3[C@]2(C)CCC[C@@]3(C)C(=O)O)C1. The normalized spacial score (nSPS) is 46.9. The molecule has 23 heavy (non-hydrogen) atoms. The first-order valence-corrected chi connectivity index (χ1v) is 8.95. The molecule has 0 radical (unpaired) electrons. The molecule has 3 aliphatic carbocycles. The number of fused-ring (bicyclic) bond motifs is 3. The van der Waals surface area contributed by atoms with E-state index in [1.807, 2.05) is 6.92 Å². The standard InChI is InChI=1S/C20H29FO2/c1-18(11-12-21)10-7-15-14(13-18)5-6-16-19(15,2)8-4-9-20(16,3)17(22)23/h5,11-12,15-16H,4,6-10,13H2,1-3H3,(H,22,23)/b12-11+/t15-,16+,18+,19+,20+/m0/s1. The smallest absolute Gasteiger partial charge is 0.309 e. The molecule has 0 bridgehead atoms. The third-order valence-electron chi connectivity index (χ3n) is 7.40. The van der Waals surface area contributed by atoms with E-state index in [9.17, 15) is 14.3 Å². The minimum atomic E-state index is -0.633. The Morgan fingerprint density at radius 1 is 1.30 bits per heavy atom.